The van der Waals surface area contributed by atoms with Crippen LogP contribution in [0.25, 0.3) is 33.1 Å². The van der Waals surface area contributed by atoms with Crippen LogP contribution in [0.2, 0.25) is 0 Å². The van der Waals surface area contributed by atoms with Gasteiger partial charge in [-0.2, -0.15) is 0 Å². The van der Waals surface area contributed by atoms with Gasteiger partial charge in [-0.05, 0) is 49.1 Å². The molecule has 0 aliphatic rings. The van der Waals surface area contributed by atoms with Gasteiger partial charge in [0.2, 0.25) is 0 Å². The van der Waals surface area contributed by atoms with E-state index in [9.17, 15) is 4.79 Å². The summed E-state index contributed by atoms with van der Waals surface area (Å²) >= 11 is 0. The average molecular weight is 362 g/mol. The Bertz CT molecular complexity index is 1210. The molecule has 2 aromatic heterocycles. The largest absolute Gasteiger partial charge is 0.497 e. The summed E-state index contributed by atoms with van der Waals surface area (Å²) in [5.74, 6) is 0.916. The molecule has 4 heteroatoms. The summed E-state index contributed by atoms with van der Waals surface area (Å²) in [6, 6.07) is 9.97. The molecule has 0 aliphatic carbocycles. The predicted octanol–water partition coefficient (Wildman–Crippen LogP) is 5.96. The van der Waals surface area contributed by atoms with Crippen LogP contribution >= 0.6 is 0 Å². The third kappa shape index (κ3) is 2.64. The highest BCUT2D eigenvalue weighted by atomic mass is 16.5. The van der Waals surface area contributed by atoms with Crippen LogP contribution < -0.4 is 10.4 Å². The summed E-state index contributed by atoms with van der Waals surface area (Å²) in [6.07, 6.45) is 1.76. The van der Waals surface area contributed by atoms with Crippen LogP contribution in [-0.2, 0) is 0 Å². The molecule has 4 nitrogen and oxygen atoms in total. The standard InChI is InChI=1S/C23H22O4/c1-12(2)20-13(3)17-10-18-19(15-6-8-16(25-5)9-7-15)11-26-21(18)14(4)22(17)27-23(20)24/h6-12H,1-5H3. The minimum absolute atomic E-state index is 0.104. The Labute approximate surface area is 157 Å². The van der Waals surface area contributed by atoms with Crippen LogP contribution in [0, 0.1) is 13.8 Å². The third-order valence-corrected chi connectivity index (χ3v) is 5.24. The molecule has 0 unspecified atom stereocenters. The lowest BCUT2D eigenvalue weighted by molar-refractivity contribution is 0.415. The molecule has 0 amide bonds. The van der Waals surface area contributed by atoms with E-state index in [1.54, 1.807) is 13.4 Å². The quantitative estimate of drug-likeness (QED) is 0.422. The predicted molar refractivity (Wildman–Crippen MR) is 108 cm³/mol. The smallest absolute Gasteiger partial charge is 0.339 e. The molecule has 27 heavy (non-hydrogen) atoms. The fourth-order valence-corrected chi connectivity index (χ4v) is 3.83. The number of furan rings is 1. The number of benzene rings is 2. The van der Waals surface area contributed by atoms with Crippen molar-refractivity contribution in [3.05, 3.63) is 63.7 Å². The molecule has 0 spiro atoms. The minimum atomic E-state index is -0.264. The van der Waals surface area contributed by atoms with Crippen molar-refractivity contribution in [3.63, 3.8) is 0 Å². The fourth-order valence-electron chi connectivity index (χ4n) is 3.83. The van der Waals surface area contributed by atoms with Crippen molar-refractivity contribution in [3.8, 4) is 16.9 Å². The highest BCUT2D eigenvalue weighted by Crippen LogP contribution is 2.38. The van der Waals surface area contributed by atoms with Crippen LogP contribution in [-0.4, -0.2) is 7.11 Å². The van der Waals surface area contributed by atoms with Gasteiger partial charge in [0, 0.05) is 27.5 Å². The first-order chi connectivity index (χ1) is 12.9. The summed E-state index contributed by atoms with van der Waals surface area (Å²) in [5.41, 5.74) is 5.69. The zero-order valence-corrected chi connectivity index (χ0v) is 16.2. The molecule has 0 fully saturated rings. The molecule has 0 bridgehead atoms. The molecule has 2 heterocycles. The molecule has 2 aromatic carbocycles. The number of ether oxygens (including phenoxy) is 1. The molecule has 4 aromatic rings. The lowest BCUT2D eigenvalue weighted by Crippen LogP contribution is -2.12. The van der Waals surface area contributed by atoms with Gasteiger partial charge in [0.05, 0.1) is 13.4 Å². The van der Waals surface area contributed by atoms with Gasteiger partial charge in [-0.25, -0.2) is 4.79 Å². The highest BCUT2D eigenvalue weighted by Gasteiger charge is 2.20. The number of hydrogen-bond acceptors (Lipinski definition) is 4. The van der Waals surface area contributed by atoms with E-state index in [1.807, 2.05) is 52.0 Å². The number of aryl methyl sites for hydroxylation is 2. The van der Waals surface area contributed by atoms with E-state index >= 15 is 0 Å². The van der Waals surface area contributed by atoms with E-state index in [1.165, 1.54) is 0 Å². The van der Waals surface area contributed by atoms with Gasteiger partial charge in [0.25, 0.3) is 0 Å². The summed E-state index contributed by atoms with van der Waals surface area (Å²) in [4.78, 5) is 12.5. The molecule has 0 saturated heterocycles. The number of methoxy groups -OCH3 is 1. The summed E-state index contributed by atoms with van der Waals surface area (Å²) < 4.78 is 16.8. The lowest BCUT2D eigenvalue weighted by Gasteiger charge is -2.12. The average Bonchev–Trinajstić information content (AvgIpc) is 3.07. The van der Waals surface area contributed by atoms with E-state index in [2.05, 4.69) is 6.07 Å². The van der Waals surface area contributed by atoms with Crippen molar-refractivity contribution in [1.29, 1.82) is 0 Å². The molecule has 0 N–H and O–H groups in total. The number of fused-ring (bicyclic) bond motifs is 2. The summed E-state index contributed by atoms with van der Waals surface area (Å²) in [5, 5.41) is 1.97. The van der Waals surface area contributed by atoms with Crippen LogP contribution in [0.1, 0.15) is 36.5 Å². The highest BCUT2D eigenvalue weighted by molar-refractivity contribution is 6.04. The first-order valence-electron chi connectivity index (χ1n) is 9.05. The molecule has 0 radical (unpaired) electrons. The van der Waals surface area contributed by atoms with Crippen molar-refractivity contribution >= 4 is 21.9 Å². The SMILES string of the molecule is COc1ccc(-c2coc3c(C)c4oc(=O)c(C(C)C)c(C)c4cc23)cc1. The second kappa shape index (κ2) is 6.31. The maximum atomic E-state index is 12.5. The first-order valence-corrected chi connectivity index (χ1v) is 9.05. The van der Waals surface area contributed by atoms with Gasteiger partial charge in [0.1, 0.15) is 16.9 Å². The molecule has 0 aliphatic heterocycles. The van der Waals surface area contributed by atoms with Crippen molar-refractivity contribution in [2.24, 2.45) is 0 Å². The normalized spacial score (nSPS) is 11.6. The van der Waals surface area contributed by atoms with E-state index < -0.39 is 0 Å². The number of hydrogen-bond donors (Lipinski definition) is 0. The molecule has 0 atom stereocenters. The van der Waals surface area contributed by atoms with Crippen molar-refractivity contribution in [2.45, 2.75) is 33.6 Å². The Morgan fingerprint density at radius 2 is 1.67 bits per heavy atom. The second-order valence-electron chi connectivity index (χ2n) is 7.22. The third-order valence-electron chi connectivity index (χ3n) is 5.24. The fraction of sp³-hybridized carbons (Fsp3) is 0.261. The topological polar surface area (TPSA) is 52.6 Å². The van der Waals surface area contributed by atoms with Gasteiger partial charge < -0.3 is 13.6 Å². The molecule has 4 rings (SSSR count). The lowest BCUT2D eigenvalue weighted by atomic mass is 9.94. The Hall–Kier alpha value is -3.01. The molecule has 0 saturated carbocycles. The Balaban J connectivity index is 2.04. The van der Waals surface area contributed by atoms with Crippen LogP contribution in [0.15, 0.2) is 50.2 Å². The van der Waals surface area contributed by atoms with Gasteiger partial charge in [-0.15, -0.1) is 0 Å². The van der Waals surface area contributed by atoms with Crippen LogP contribution in [0.5, 0.6) is 5.75 Å². The Morgan fingerprint density at radius 3 is 2.30 bits per heavy atom. The van der Waals surface area contributed by atoms with Crippen molar-refractivity contribution < 1.29 is 13.6 Å². The van der Waals surface area contributed by atoms with Gasteiger partial charge in [0.15, 0.2) is 0 Å². The monoisotopic (exact) mass is 362 g/mol. The minimum Gasteiger partial charge on any atom is -0.497 e. The Kier molecular flexibility index (Phi) is 4.06. The molecular weight excluding hydrogens is 340 g/mol. The summed E-state index contributed by atoms with van der Waals surface area (Å²) in [6.45, 7) is 7.95. The van der Waals surface area contributed by atoms with Gasteiger partial charge >= 0.3 is 5.63 Å². The molecule has 138 valence electrons. The first kappa shape index (κ1) is 17.4. The van der Waals surface area contributed by atoms with Crippen LogP contribution in [0.4, 0.5) is 0 Å². The van der Waals surface area contributed by atoms with Crippen LogP contribution in [0.3, 0.4) is 0 Å². The van der Waals surface area contributed by atoms with E-state index in [0.29, 0.717) is 5.58 Å². The summed E-state index contributed by atoms with van der Waals surface area (Å²) in [7, 11) is 1.65. The van der Waals surface area contributed by atoms with Gasteiger partial charge in [-0.3, -0.25) is 0 Å². The zero-order chi connectivity index (χ0) is 19.3. The van der Waals surface area contributed by atoms with E-state index in [-0.39, 0.29) is 11.5 Å². The molecular formula is C23H22O4. The second-order valence-corrected chi connectivity index (χ2v) is 7.22. The van der Waals surface area contributed by atoms with E-state index in [0.717, 1.165) is 49.9 Å². The van der Waals surface area contributed by atoms with Crippen molar-refractivity contribution in [1.82, 2.24) is 0 Å². The zero-order valence-electron chi connectivity index (χ0n) is 16.2. The number of rotatable bonds is 3. The maximum Gasteiger partial charge on any atom is 0.339 e. The van der Waals surface area contributed by atoms with Gasteiger partial charge in [-0.1, -0.05) is 26.0 Å². The van der Waals surface area contributed by atoms with E-state index in [4.69, 9.17) is 13.6 Å². The van der Waals surface area contributed by atoms with Crippen molar-refractivity contribution in [2.75, 3.05) is 7.11 Å². The Morgan fingerprint density at radius 1 is 0.963 bits per heavy atom. The maximum absolute atomic E-state index is 12.5.